The Morgan fingerprint density at radius 2 is 1.30 bits per heavy atom. The van der Waals surface area contributed by atoms with Crippen LogP contribution in [0.25, 0.3) is 0 Å². The van der Waals surface area contributed by atoms with Crippen LogP contribution < -0.4 is 16.2 Å². The fourth-order valence-electron chi connectivity index (χ4n) is 5.33. The molecule has 14 nitrogen and oxygen atoms in total. The van der Waals surface area contributed by atoms with Crippen LogP contribution in [0.15, 0.2) is 58.3 Å². The molecule has 2 aliphatic rings. The van der Waals surface area contributed by atoms with Crippen LogP contribution in [0.4, 0.5) is 11.4 Å². The number of nitrogen functional groups attached to an aromatic ring is 2. The van der Waals surface area contributed by atoms with Gasteiger partial charge in [-0.1, -0.05) is 18.2 Å². The van der Waals surface area contributed by atoms with Crippen molar-refractivity contribution < 1.29 is 49.8 Å². The number of hydrogen-bond acceptors (Lipinski definition) is 13. The molecule has 234 valence electrons. The first-order chi connectivity index (χ1) is 20.1. The number of hydroxylamine groups is 2. The van der Waals surface area contributed by atoms with Crippen molar-refractivity contribution in [3.8, 4) is 11.5 Å². The summed E-state index contributed by atoms with van der Waals surface area (Å²) in [4.78, 5) is 31.4. The largest absolute Gasteiger partial charge is 0.744 e. The molecule has 2 heterocycles. The molecule has 0 unspecified atom stereocenters. The van der Waals surface area contributed by atoms with E-state index in [1.165, 1.54) is 50.2 Å². The zero-order valence-electron chi connectivity index (χ0n) is 24.0. The topological polar surface area (TPSA) is 232 Å². The van der Waals surface area contributed by atoms with Gasteiger partial charge in [0.25, 0.3) is 5.91 Å². The van der Waals surface area contributed by atoms with E-state index in [4.69, 9.17) is 25.8 Å². The number of nitrogens with two attached hydrogens (primary N) is 2. The standard InChI is InChI=1S/C28H29N3O11S2/c1-26(2,3)41-25(33)27(4,5)42-31-24(32)14-8-6-7-9-15(14)28(31)16-10-12-18(29)22(43(34,35)36)20(16)40-21-17(28)11-13-19(30)23(21)44(37,38)39/h6-13H,29-30H2,1-5H3,(H,34,35,36)(H,37,38,39)/p-2. The molecule has 0 aliphatic carbocycles. The molecule has 5 rings (SSSR count). The van der Waals surface area contributed by atoms with E-state index in [1.807, 2.05) is 0 Å². The SMILES string of the molecule is CC(C)(C)OC(=O)C(C)(C)ON1C(=O)c2ccccc2C12c1ccc(N)c(S(=O)(=O)[O-])c1Oc1c2ccc(N)c1S(=O)(=O)[O-]. The zero-order valence-corrected chi connectivity index (χ0v) is 25.7. The first kappa shape index (κ1) is 31.2. The predicted molar refractivity (Wildman–Crippen MR) is 151 cm³/mol. The van der Waals surface area contributed by atoms with Crippen LogP contribution in [0.5, 0.6) is 11.5 Å². The van der Waals surface area contributed by atoms with Crippen molar-refractivity contribution in [2.45, 2.75) is 61.2 Å². The Labute approximate surface area is 252 Å². The van der Waals surface area contributed by atoms with Gasteiger partial charge >= 0.3 is 5.97 Å². The molecule has 0 saturated carbocycles. The molecule has 3 aromatic rings. The van der Waals surface area contributed by atoms with Gasteiger partial charge in [-0.15, -0.1) is 0 Å². The minimum absolute atomic E-state index is 0.00185. The van der Waals surface area contributed by atoms with Crippen molar-refractivity contribution in [2.75, 3.05) is 11.5 Å². The molecule has 4 N–H and O–H groups in total. The van der Waals surface area contributed by atoms with Gasteiger partial charge in [-0.2, -0.15) is 5.06 Å². The third-order valence-corrected chi connectivity index (χ3v) is 8.86. The summed E-state index contributed by atoms with van der Waals surface area (Å²) in [6, 6.07) is 10.7. The number of benzene rings is 3. The highest BCUT2D eigenvalue weighted by Gasteiger charge is 2.60. The summed E-state index contributed by atoms with van der Waals surface area (Å²) in [7, 11) is -10.9. The van der Waals surface area contributed by atoms with E-state index in [0.717, 1.165) is 17.2 Å². The lowest BCUT2D eigenvalue weighted by molar-refractivity contribution is -0.245. The van der Waals surface area contributed by atoms with E-state index < -0.39 is 81.5 Å². The number of fused-ring (bicyclic) bond motifs is 6. The number of amides is 1. The smallest absolute Gasteiger partial charge is 0.341 e. The van der Waals surface area contributed by atoms with Crippen molar-refractivity contribution >= 4 is 43.5 Å². The Hall–Kier alpha value is -4.22. The molecular weight excluding hydrogens is 618 g/mol. The molecule has 16 heteroatoms. The number of carbonyl (C=O) groups is 2. The minimum atomic E-state index is -5.44. The molecular formula is C28H27N3O11S2-2. The van der Waals surface area contributed by atoms with Crippen LogP contribution in [0.1, 0.15) is 61.7 Å². The van der Waals surface area contributed by atoms with Crippen LogP contribution in [0.3, 0.4) is 0 Å². The summed E-state index contributed by atoms with van der Waals surface area (Å²) in [5, 5.41) is 0.747. The quantitative estimate of drug-likeness (QED) is 0.231. The summed E-state index contributed by atoms with van der Waals surface area (Å²) < 4.78 is 86.5. The monoisotopic (exact) mass is 645 g/mol. The molecule has 1 amide bonds. The number of ether oxygens (including phenoxy) is 2. The van der Waals surface area contributed by atoms with E-state index in [2.05, 4.69) is 0 Å². The highest BCUT2D eigenvalue weighted by molar-refractivity contribution is 7.86. The van der Waals surface area contributed by atoms with Crippen LogP contribution in [0.2, 0.25) is 0 Å². The first-order valence-corrected chi connectivity index (χ1v) is 15.8. The summed E-state index contributed by atoms with van der Waals surface area (Å²) in [6.45, 7) is 7.50. The van der Waals surface area contributed by atoms with Crippen molar-refractivity contribution in [3.05, 3.63) is 70.8 Å². The number of esters is 1. The second kappa shape index (κ2) is 9.64. The maximum atomic E-state index is 14.2. The van der Waals surface area contributed by atoms with Crippen LogP contribution in [-0.4, -0.2) is 54.1 Å². The lowest BCUT2D eigenvalue weighted by Gasteiger charge is -2.46. The van der Waals surface area contributed by atoms with Crippen molar-refractivity contribution in [3.63, 3.8) is 0 Å². The molecule has 0 atom stereocenters. The Morgan fingerprint density at radius 3 is 1.75 bits per heavy atom. The Kier molecular flexibility index (Phi) is 6.84. The highest BCUT2D eigenvalue weighted by Crippen LogP contribution is 2.61. The van der Waals surface area contributed by atoms with Gasteiger partial charge in [0.15, 0.2) is 22.6 Å². The fraction of sp³-hybridized carbons (Fsp3) is 0.286. The third-order valence-electron chi connectivity index (χ3n) is 7.02. The molecule has 2 aliphatic heterocycles. The van der Waals surface area contributed by atoms with Gasteiger partial charge in [-0.25, -0.2) is 21.6 Å². The van der Waals surface area contributed by atoms with E-state index in [0.29, 0.717) is 0 Å². The maximum Gasteiger partial charge on any atom is 0.341 e. The van der Waals surface area contributed by atoms with Crippen molar-refractivity contribution in [2.24, 2.45) is 0 Å². The lowest BCUT2D eigenvalue weighted by Crippen LogP contribution is -2.53. The molecule has 3 aromatic carbocycles. The second-order valence-electron chi connectivity index (χ2n) is 11.7. The average Bonchev–Trinajstić information content (AvgIpc) is 3.09. The van der Waals surface area contributed by atoms with Crippen LogP contribution >= 0.6 is 0 Å². The number of carbonyl (C=O) groups excluding carboxylic acids is 2. The fourth-order valence-corrected chi connectivity index (χ4v) is 6.80. The Bertz CT molecular complexity index is 1890. The van der Waals surface area contributed by atoms with Gasteiger partial charge in [0.1, 0.15) is 35.6 Å². The number of hydrogen-bond donors (Lipinski definition) is 2. The maximum absolute atomic E-state index is 14.2. The van der Waals surface area contributed by atoms with Crippen LogP contribution in [-0.2, 0) is 40.1 Å². The average molecular weight is 646 g/mol. The van der Waals surface area contributed by atoms with Gasteiger partial charge in [-0.3, -0.25) is 9.63 Å². The zero-order chi connectivity index (χ0) is 32.8. The van der Waals surface area contributed by atoms with E-state index in [9.17, 15) is 35.5 Å². The predicted octanol–water partition coefficient (Wildman–Crippen LogP) is 2.56. The van der Waals surface area contributed by atoms with E-state index in [-0.39, 0.29) is 22.3 Å². The number of nitrogens with zero attached hydrogens (tertiary/aromatic N) is 1. The second-order valence-corrected chi connectivity index (χ2v) is 14.3. The number of anilines is 2. The molecule has 0 radical (unpaired) electrons. The van der Waals surface area contributed by atoms with Gasteiger partial charge in [0.05, 0.1) is 11.4 Å². The van der Waals surface area contributed by atoms with Gasteiger partial charge in [0.2, 0.25) is 0 Å². The Balaban J connectivity index is 1.96. The lowest BCUT2D eigenvalue weighted by atomic mass is 9.75. The normalized spacial score (nSPS) is 15.8. The van der Waals surface area contributed by atoms with Gasteiger partial charge < -0.3 is 30.0 Å². The molecule has 0 fully saturated rings. The molecule has 0 aromatic heterocycles. The molecule has 1 spiro atoms. The molecule has 44 heavy (non-hydrogen) atoms. The summed E-state index contributed by atoms with van der Waals surface area (Å²) in [6.07, 6.45) is 0. The number of rotatable bonds is 5. The van der Waals surface area contributed by atoms with Gasteiger partial charge in [0, 0.05) is 22.3 Å². The molecule has 0 bridgehead atoms. The van der Waals surface area contributed by atoms with Crippen LogP contribution in [0, 0.1) is 0 Å². The van der Waals surface area contributed by atoms with E-state index in [1.54, 1.807) is 20.8 Å². The Morgan fingerprint density at radius 1 is 0.818 bits per heavy atom. The third kappa shape index (κ3) is 4.66. The minimum Gasteiger partial charge on any atom is -0.744 e. The molecule has 0 saturated heterocycles. The van der Waals surface area contributed by atoms with Gasteiger partial charge in [-0.05, 0) is 65.0 Å². The summed E-state index contributed by atoms with van der Waals surface area (Å²) >= 11 is 0. The van der Waals surface area contributed by atoms with E-state index >= 15 is 0 Å². The highest BCUT2D eigenvalue weighted by atomic mass is 32.2. The summed E-state index contributed by atoms with van der Waals surface area (Å²) in [5.74, 6) is -3.27. The van der Waals surface area contributed by atoms with Crippen molar-refractivity contribution in [1.82, 2.24) is 5.06 Å². The summed E-state index contributed by atoms with van der Waals surface area (Å²) in [5.41, 5.74) is 5.37. The van der Waals surface area contributed by atoms with Crippen molar-refractivity contribution in [1.29, 1.82) is 0 Å². The first-order valence-electron chi connectivity index (χ1n) is 12.9.